The summed E-state index contributed by atoms with van der Waals surface area (Å²) in [5, 5.41) is 4.40. The van der Waals surface area contributed by atoms with Crippen LogP contribution < -0.4 is 0 Å². The minimum atomic E-state index is 0.173. The lowest BCUT2D eigenvalue weighted by Crippen LogP contribution is -2.47. The van der Waals surface area contributed by atoms with E-state index in [1.54, 1.807) is 6.92 Å². The molecule has 0 spiro atoms. The van der Waals surface area contributed by atoms with Crippen LogP contribution in [0.15, 0.2) is 4.47 Å². The molecule has 0 bridgehead atoms. The first kappa shape index (κ1) is 13.5. The summed E-state index contributed by atoms with van der Waals surface area (Å²) in [5.74, 6) is 0.173. The highest BCUT2D eigenvalue weighted by atomic mass is 79.9. The van der Waals surface area contributed by atoms with Crippen molar-refractivity contribution in [2.45, 2.75) is 20.4 Å². The van der Waals surface area contributed by atoms with Crippen molar-refractivity contribution in [3.8, 4) is 0 Å². The van der Waals surface area contributed by atoms with Gasteiger partial charge in [-0.15, -0.1) is 0 Å². The summed E-state index contributed by atoms with van der Waals surface area (Å²) >= 11 is 3.59. The second kappa shape index (κ2) is 5.40. The van der Waals surface area contributed by atoms with E-state index >= 15 is 0 Å². The number of nitrogens with zero attached hydrogens (tertiary/aromatic N) is 4. The van der Waals surface area contributed by atoms with Gasteiger partial charge in [-0.2, -0.15) is 5.10 Å². The van der Waals surface area contributed by atoms with E-state index in [9.17, 15) is 4.79 Å². The Kier molecular flexibility index (Phi) is 4.07. The van der Waals surface area contributed by atoms with E-state index < -0.39 is 0 Å². The predicted octanol–water partition coefficient (Wildman–Crippen LogP) is 1.16. The molecule has 18 heavy (non-hydrogen) atoms. The topological polar surface area (TPSA) is 41.4 Å². The fourth-order valence-electron chi connectivity index (χ4n) is 2.28. The zero-order valence-corrected chi connectivity index (χ0v) is 12.7. The van der Waals surface area contributed by atoms with E-state index in [2.05, 4.69) is 25.9 Å². The molecule has 100 valence electrons. The highest BCUT2D eigenvalue weighted by molar-refractivity contribution is 9.10. The third kappa shape index (κ3) is 2.75. The van der Waals surface area contributed by atoms with E-state index in [0.29, 0.717) is 0 Å². The first-order valence-corrected chi connectivity index (χ1v) is 6.94. The summed E-state index contributed by atoms with van der Waals surface area (Å²) < 4.78 is 3.02. The van der Waals surface area contributed by atoms with Gasteiger partial charge in [0.1, 0.15) is 0 Å². The van der Waals surface area contributed by atoms with Crippen LogP contribution in [-0.4, -0.2) is 51.7 Å². The predicted molar refractivity (Wildman–Crippen MR) is 73.2 cm³/mol. The zero-order valence-electron chi connectivity index (χ0n) is 11.1. The zero-order chi connectivity index (χ0) is 13.3. The molecule has 1 saturated heterocycles. The average molecular weight is 315 g/mol. The van der Waals surface area contributed by atoms with Gasteiger partial charge in [0, 0.05) is 46.7 Å². The number of hydrogen-bond acceptors (Lipinski definition) is 3. The van der Waals surface area contributed by atoms with Gasteiger partial charge >= 0.3 is 0 Å². The molecule has 0 atom stereocenters. The second-order valence-electron chi connectivity index (χ2n) is 4.75. The number of hydrogen-bond donors (Lipinski definition) is 0. The molecule has 5 nitrogen and oxygen atoms in total. The minimum absolute atomic E-state index is 0.173. The van der Waals surface area contributed by atoms with Crippen molar-refractivity contribution in [3.05, 3.63) is 15.9 Å². The molecule has 0 saturated carbocycles. The molecule has 1 amide bonds. The first-order chi connectivity index (χ1) is 8.49. The molecule has 1 aromatic heterocycles. The van der Waals surface area contributed by atoms with E-state index in [0.717, 1.165) is 42.9 Å². The molecule has 1 aromatic rings. The fourth-order valence-corrected chi connectivity index (χ4v) is 2.75. The van der Waals surface area contributed by atoms with Crippen LogP contribution in [-0.2, 0) is 18.4 Å². The van der Waals surface area contributed by atoms with Gasteiger partial charge < -0.3 is 4.90 Å². The number of piperazine rings is 1. The highest BCUT2D eigenvalue weighted by Gasteiger charge is 2.21. The summed E-state index contributed by atoms with van der Waals surface area (Å²) in [6, 6.07) is 0. The molecule has 0 aliphatic carbocycles. The molecule has 6 heteroatoms. The quantitative estimate of drug-likeness (QED) is 0.822. The number of carbonyl (C=O) groups excluding carboxylic acids is 1. The molecule has 2 heterocycles. The number of amides is 1. The van der Waals surface area contributed by atoms with Crippen LogP contribution in [0.5, 0.6) is 0 Å². The molecule has 0 radical (unpaired) electrons. The monoisotopic (exact) mass is 314 g/mol. The van der Waals surface area contributed by atoms with Gasteiger partial charge in [-0.1, -0.05) is 0 Å². The Labute approximate surface area is 116 Å². The van der Waals surface area contributed by atoms with Crippen molar-refractivity contribution in [3.63, 3.8) is 0 Å². The largest absolute Gasteiger partial charge is 0.340 e. The van der Waals surface area contributed by atoms with Crippen molar-refractivity contribution >= 4 is 21.8 Å². The van der Waals surface area contributed by atoms with Crippen molar-refractivity contribution in [2.24, 2.45) is 7.05 Å². The van der Waals surface area contributed by atoms with Gasteiger partial charge in [-0.25, -0.2) is 0 Å². The van der Waals surface area contributed by atoms with E-state index in [1.165, 1.54) is 5.69 Å². The Morgan fingerprint density at radius 1 is 1.33 bits per heavy atom. The van der Waals surface area contributed by atoms with Crippen LogP contribution in [0.4, 0.5) is 0 Å². The van der Waals surface area contributed by atoms with Gasteiger partial charge in [-0.3, -0.25) is 14.4 Å². The normalized spacial score (nSPS) is 17.2. The van der Waals surface area contributed by atoms with E-state index in [4.69, 9.17) is 0 Å². The molecule has 1 aliphatic rings. The third-order valence-electron chi connectivity index (χ3n) is 3.45. The molecular weight excluding hydrogens is 296 g/mol. The number of aromatic nitrogens is 2. The molecular formula is C12H19BrN4O. The minimum Gasteiger partial charge on any atom is -0.340 e. The smallest absolute Gasteiger partial charge is 0.219 e. The lowest BCUT2D eigenvalue weighted by Gasteiger charge is -2.34. The van der Waals surface area contributed by atoms with Crippen molar-refractivity contribution in [1.82, 2.24) is 19.6 Å². The lowest BCUT2D eigenvalue weighted by atomic mass is 10.2. The highest BCUT2D eigenvalue weighted by Crippen LogP contribution is 2.22. The van der Waals surface area contributed by atoms with Crippen LogP contribution in [0.2, 0.25) is 0 Å². The third-order valence-corrected chi connectivity index (χ3v) is 4.48. The summed E-state index contributed by atoms with van der Waals surface area (Å²) in [6.07, 6.45) is 0. The van der Waals surface area contributed by atoms with Gasteiger partial charge in [0.05, 0.1) is 15.9 Å². The maximum absolute atomic E-state index is 11.3. The number of rotatable bonds is 2. The van der Waals surface area contributed by atoms with Crippen molar-refractivity contribution in [2.75, 3.05) is 26.2 Å². The van der Waals surface area contributed by atoms with Gasteiger partial charge in [0.25, 0.3) is 0 Å². The summed E-state index contributed by atoms with van der Waals surface area (Å²) in [7, 11) is 1.97. The Morgan fingerprint density at radius 2 is 1.94 bits per heavy atom. The van der Waals surface area contributed by atoms with Crippen molar-refractivity contribution < 1.29 is 4.79 Å². The maximum Gasteiger partial charge on any atom is 0.219 e. The summed E-state index contributed by atoms with van der Waals surface area (Å²) in [6.45, 7) is 8.02. The Balaban J connectivity index is 1.97. The first-order valence-electron chi connectivity index (χ1n) is 6.15. The second-order valence-corrected chi connectivity index (χ2v) is 5.54. The summed E-state index contributed by atoms with van der Waals surface area (Å²) in [4.78, 5) is 15.5. The van der Waals surface area contributed by atoms with Crippen molar-refractivity contribution in [1.29, 1.82) is 0 Å². The van der Waals surface area contributed by atoms with Crippen LogP contribution in [0, 0.1) is 6.92 Å². The molecule has 2 rings (SSSR count). The average Bonchev–Trinajstić information content (AvgIpc) is 2.57. The van der Waals surface area contributed by atoms with Crippen LogP contribution >= 0.6 is 15.9 Å². The van der Waals surface area contributed by atoms with Crippen LogP contribution in [0.3, 0.4) is 0 Å². The maximum atomic E-state index is 11.3. The Hall–Kier alpha value is -0.880. The van der Waals surface area contributed by atoms with Gasteiger partial charge in [0.15, 0.2) is 0 Å². The fraction of sp³-hybridized carbons (Fsp3) is 0.667. The SMILES string of the molecule is CC(=O)N1CCN(Cc2c(Br)c(C)nn2C)CC1. The van der Waals surface area contributed by atoms with Crippen LogP contribution in [0.1, 0.15) is 18.3 Å². The molecule has 0 aromatic carbocycles. The Bertz CT molecular complexity index is 449. The van der Waals surface area contributed by atoms with Crippen LogP contribution in [0.25, 0.3) is 0 Å². The number of aryl methyl sites for hydroxylation is 2. The number of halogens is 1. The molecule has 0 unspecified atom stereocenters. The lowest BCUT2D eigenvalue weighted by molar-refractivity contribution is -0.130. The van der Waals surface area contributed by atoms with E-state index in [-0.39, 0.29) is 5.91 Å². The molecule has 1 fully saturated rings. The standard InChI is InChI=1S/C12H19BrN4O/c1-9-12(13)11(15(3)14-9)8-16-4-6-17(7-5-16)10(2)18/h4-8H2,1-3H3. The molecule has 0 N–H and O–H groups in total. The van der Waals surface area contributed by atoms with Gasteiger partial charge in [0.2, 0.25) is 5.91 Å². The Morgan fingerprint density at radius 3 is 2.39 bits per heavy atom. The van der Waals surface area contributed by atoms with Gasteiger partial charge in [-0.05, 0) is 22.9 Å². The van der Waals surface area contributed by atoms with E-state index in [1.807, 2.05) is 23.6 Å². The number of carbonyl (C=O) groups is 1. The molecule has 1 aliphatic heterocycles. The summed E-state index contributed by atoms with van der Waals surface area (Å²) in [5.41, 5.74) is 2.22.